The first-order valence-corrected chi connectivity index (χ1v) is 10.8. The number of aliphatic imine (C=N–C) groups is 1. The molecule has 0 radical (unpaired) electrons. The molecule has 0 bridgehead atoms. The number of alkyl carbamates (subject to hydrolysis) is 1. The monoisotopic (exact) mass is 462 g/mol. The standard InChI is InChI=1S/C23H34N4O6/c1-22(2,3)32-19(28)24-18(25-20(29)33-23(4,5)6)26-12-14-27(15-13-26)21(30)31-16-17-10-8-7-9-11-17/h7-11H,12-16H2,1-6H3,(H,24,25,28,29). The third-order valence-corrected chi connectivity index (χ3v) is 4.25. The molecule has 182 valence electrons. The molecule has 0 unspecified atom stereocenters. The molecule has 0 spiro atoms. The Hall–Kier alpha value is -3.30. The second-order valence-corrected chi connectivity index (χ2v) is 9.56. The average molecular weight is 463 g/mol. The summed E-state index contributed by atoms with van der Waals surface area (Å²) in [5, 5.41) is 2.53. The average Bonchev–Trinajstić information content (AvgIpc) is 2.69. The molecule has 1 fully saturated rings. The zero-order valence-electron chi connectivity index (χ0n) is 20.2. The molecule has 0 atom stereocenters. The molecule has 1 aromatic carbocycles. The summed E-state index contributed by atoms with van der Waals surface area (Å²) >= 11 is 0. The summed E-state index contributed by atoms with van der Waals surface area (Å²) in [6, 6.07) is 9.42. The van der Waals surface area contributed by atoms with E-state index < -0.39 is 29.5 Å². The SMILES string of the molecule is CC(C)(C)OC(=O)/N=C(/NC(=O)OC(C)(C)C)N1CCN(C(=O)OCc2ccccc2)CC1. The number of piperazine rings is 1. The van der Waals surface area contributed by atoms with Gasteiger partial charge in [0.05, 0.1) is 0 Å². The summed E-state index contributed by atoms with van der Waals surface area (Å²) in [5.74, 6) is 0.0100. The van der Waals surface area contributed by atoms with Gasteiger partial charge in [-0.15, -0.1) is 4.99 Å². The highest BCUT2D eigenvalue weighted by Gasteiger charge is 2.28. The van der Waals surface area contributed by atoms with Crippen molar-refractivity contribution in [3.63, 3.8) is 0 Å². The van der Waals surface area contributed by atoms with E-state index in [9.17, 15) is 14.4 Å². The second-order valence-electron chi connectivity index (χ2n) is 9.56. The Kier molecular flexibility index (Phi) is 8.67. The van der Waals surface area contributed by atoms with Crippen LogP contribution in [0.3, 0.4) is 0 Å². The van der Waals surface area contributed by atoms with Crippen molar-refractivity contribution >= 4 is 24.2 Å². The van der Waals surface area contributed by atoms with Gasteiger partial charge >= 0.3 is 18.3 Å². The van der Waals surface area contributed by atoms with Gasteiger partial charge in [0.25, 0.3) is 0 Å². The Morgan fingerprint density at radius 1 is 0.879 bits per heavy atom. The number of amides is 3. The third kappa shape index (κ3) is 9.80. The summed E-state index contributed by atoms with van der Waals surface area (Å²) in [6.07, 6.45) is -2.00. The van der Waals surface area contributed by atoms with E-state index in [0.29, 0.717) is 26.2 Å². The third-order valence-electron chi connectivity index (χ3n) is 4.25. The molecule has 3 amide bonds. The van der Waals surface area contributed by atoms with Gasteiger partial charge in [0.1, 0.15) is 17.8 Å². The molecular formula is C23H34N4O6. The van der Waals surface area contributed by atoms with Crippen molar-refractivity contribution in [3.05, 3.63) is 35.9 Å². The molecule has 1 N–H and O–H groups in total. The highest BCUT2D eigenvalue weighted by molar-refractivity contribution is 5.99. The number of carbonyl (C=O) groups is 3. The molecule has 1 heterocycles. The van der Waals surface area contributed by atoms with E-state index in [1.54, 1.807) is 51.3 Å². The maximum atomic E-state index is 12.4. The van der Waals surface area contributed by atoms with Crippen LogP contribution >= 0.6 is 0 Å². The lowest BCUT2D eigenvalue weighted by atomic mass is 10.2. The van der Waals surface area contributed by atoms with Gasteiger partial charge in [0, 0.05) is 26.2 Å². The minimum atomic E-state index is -0.835. The van der Waals surface area contributed by atoms with E-state index >= 15 is 0 Å². The first-order chi connectivity index (χ1) is 15.3. The molecule has 10 nitrogen and oxygen atoms in total. The summed E-state index contributed by atoms with van der Waals surface area (Å²) in [6.45, 7) is 11.9. The molecule has 0 saturated carbocycles. The van der Waals surface area contributed by atoms with Crippen molar-refractivity contribution in [1.82, 2.24) is 15.1 Å². The molecule has 1 aromatic rings. The number of hydrogen-bond acceptors (Lipinski definition) is 6. The van der Waals surface area contributed by atoms with Crippen LogP contribution in [0.5, 0.6) is 0 Å². The van der Waals surface area contributed by atoms with Crippen molar-refractivity contribution in [3.8, 4) is 0 Å². The number of benzene rings is 1. The Labute approximate surface area is 194 Å². The molecule has 1 aliphatic heterocycles. The predicted octanol–water partition coefficient (Wildman–Crippen LogP) is 3.76. The fourth-order valence-corrected chi connectivity index (χ4v) is 2.86. The smallest absolute Gasteiger partial charge is 0.437 e. The molecule has 0 aromatic heterocycles. The van der Waals surface area contributed by atoms with Crippen molar-refractivity contribution < 1.29 is 28.6 Å². The molecule has 0 aliphatic carbocycles. The van der Waals surface area contributed by atoms with Crippen molar-refractivity contribution in [2.24, 2.45) is 4.99 Å². The number of rotatable bonds is 2. The normalized spacial score (nSPS) is 15.0. The molecule has 33 heavy (non-hydrogen) atoms. The highest BCUT2D eigenvalue weighted by atomic mass is 16.6. The molecule has 2 rings (SSSR count). The Morgan fingerprint density at radius 2 is 1.42 bits per heavy atom. The van der Waals surface area contributed by atoms with Crippen LogP contribution in [0.1, 0.15) is 47.1 Å². The Balaban J connectivity index is 2.00. The van der Waals surface area contributed by atoms with Crippen molar-refractivity contribution in [1.29, 1.82) is 0 Å². The largest absolute Gasteiger partial charge is 0.445 e. The lowest BCUT2D eigenvalue weighted by Crippen LogP contribution is -2.55. The number of hydrogen-bond donors (Lipinski definition) is 1. The predicted molar refractivity (Wildman–Crippen MR) is 123 cm³/mol. The van der Waals surface area contributed by atoms with E-state index in [-0.39, 0.29) is 12.6 Å². The lowest BCUT2D eigenvalue weighted by molar-refractivity contribution is 0.0543. The van der Waals surface area contributed by atoms with Gasteiger partial charge in [0.15, 0.2) is 0 Å². The van der Waals surface area contributed by atoms with Crippen LogP contribution in [-0.2, 0) is 20.8 Å². The van der Waals surface area contributed by atoms with Gasteiger partial charge < -0.3 is 24.0 Å². The number of ether oxygens (including phenoxy) is 3. The molecule has 10 heteroatoms. The summed E-state index contributed by atoms with van der Waals surface area (Å²) < 4.78 is 15.9. The number of nitrogens with zero attached hydrogens (tertiary/aromatic N) is 3. The van der Waals surface area contributed by atoms with Crippen LogP contribution in [0.15, 0.2) is 35.3 Å². The zero-order chi connectivity index (χ0) is 24.6. The van der Waals surface area contributed by atoms with Crippen molar-refractivity contribution in [2.75, 3.05) is 26.2 Å². The van der Waals surface area contributed by atoms with Gasteiger partial charge in [0.2, 0.25) is 5.96 Å². The lowest BCUT2D eigenvalue weighted by Gasteiger charge is -2.35. The van der Waals surface area contributed by atoms with Gasteiger partial charge in [-0.3, -0.25) is 5.32 Å². The van der Waals surface area contributed by atoms with Gasteiger partial charge in [-0.25, -0.2) is 14.4 Å². The minimum Gasteiger partial charge on any atom is -0.445 e. The molecular weight excluding hydrogens is 428 g/mol. The minimum absolute atomic E-state index is 0.0100. The second kappa shape index (κ2) is 11.0. The van der Waals surface area contributed by atoms with Gasteiger partial charge in [-0.05, 0) is 47.1 Å². The highest BCUT2D eigenvalue weighted by Crippen LogP contribution is 2.11. The Morgan fingerprint density at radius 3 is 1.97 bits per heavy atom. The topological polar surface area (TPSA) is 110 Å². The number of nitrogens with one attached hydrogen (secondary N) is 1. The van der Waals surface area contributed by atoms with Crippen LogP contribution in [0.4, 0.5) is 14.4 Å². The van der Waals surface area contributed by atoms with Crippen LogP contribution < -0.4 is 5.32 Å². The van der Waals surface area contributed by atoms with E-state index in [1.807, 2.05) is 30.3 Å². The maximum absolute atomic E-state index is 12.4. The fraction of sp³-hybridized carbons (Fsp3) is 0.565. The summed E-state index contributed by atoms with van der Waals surface area (Å²) in [5.41, 5.74) is -0.556. The quantitative estimate of drug-likeness (QED) is 0.405. The Bertz CT molecular complexity index is 850. The summed E-state index contributed by atoms with van der Waals surface area (Å²) in [4.78, 5) is 44.2. The first kappa shape index (κ1) is 26.0. The van der Waals surface area contributed by atoms with Gasteiger partial charge in [-0.1, -0.05) is 30.3 Å². The van der Waals surface area contributed by atoms with E-state index in [2.05, 4.69) is 10.3 Å². The van der Waals surface area contributed by atoms with Crippen LogP contribution in [0.25, 0.3) is 0 Å². The first-order valence-electron chi connectivity index (χ1n) is 10.8. The summed E-state index contributed by atoms with van der Waals surface area (Å²) in [7, 11) is 0. The van der Waals surface area contributed by atoms with E-state index in [1.165, 1.54) is 0 Å². The van der Waals surface area contributed by atoms with Crippen LogP contribution in [0, 0.1) is 0 Å². The fourth-order valence-electron chi connectivity index (χ4n) is 2.86. The van der Waals surface area contributed by atoms with Crippen LogP contribution in [-0.4, -0.2) is 71.4 Å². The van der Waals surface area contributed by atoms with Crippen LogP contribution in [0.2, 0.25) is 0 Å². The number of guanidine groups is 1. The molecule has 1 aliphatic rings. The number of carbonyl (C=O) groups excluding carboxylic acids is 3. The maximum Gasteiger partial charge on any atom is 0.437 e. The van der Waals surface area contributed by atoms with E-state index in [4.69, 9.17) is 14.2 Å². The molecule has 1 saturated heterocycles. The van der Waals surface area contributed by atoms with Gasteiger partial charge in [-0.2, -0.15) is 0 Å². The zero-order valence-corrected chi connectivity index (χ0v) is 20.2. The van der Waals surface area contributed by atoms with E-state index in [0.717, 1.165) is 5.56 Å². The van der Waals surface area contributed by atoms with Crippen molar-refractivity contribution in [2.45, 2.75) is 59.4 Å².